The van der Waals surface area contributed by atoms with Gasteiger partial charge in [-0.05, 0) is 50.3 Å². The molecule has 7 nitrogen and oxygen atoms in total. The lowest BCUT2D eigenvalue weighted by Gasteiger charge is -2.37. The lowest BCUT2D eigenvalue weighted by atomic mass is 10.0. The van der Waals surface area contributed by atoms with Crippen LogP contribution in [-0.2, 0) is 18.8 Å². The van der Waals surface area contributed by atoms with Gasteiger partial charge in [0, 0.05) is 18.7 Å². The molecule has 2 aliphatic rings. The van der Waals surface area contributed by atoms with Gasteiger partial charge in [-0.2, -0.15) is 0 Å². The van der Waals surface area contributed by atoms with Crippen LogP contribution >= 0.6 is 7.37 Å². The quantitative estimate of drug-likeness (QED) is 0.293. The molecule has 27 heavy (non-hydrogen) atoms. The maximum absolute atomic E-state index is 12.2. The second-order valence-corrected chi connectivity index (χ2v) is 9.78. The van der Waals surface area contributed by atoms with E-state index in [0.29, 0.717) is 30.0 Å². The molecular formula is C19H31O7P. The van der Waals surface area contributed by atoms with E-state index < -0.39 is 32.0 Å². The van der Waals surface area contributed by atoms with Crippen molar-refractivity contribution in [3.8, 4) is 0 Å². The number of methoxy groups -OCH3 is 1. The molecule has 0 aromatic carbocycles. The van der Waals surface area contributed by atoms with Crippen molar-refractivity contribution in [2.45, 2.75) is 57.2 Å². The summed E-state index contributed by atoms with van der Waals surface area (Å²) in [4.78, 5) is 10.1. The lowest BCUT2D eigenvalue weighted by molar-refractivity contribution is -0.253. The van der Waals surface area contributed by atoms with Crippen LogP contribution in [0.25, 0.3) is 0 Å². The van der Waals surface area contributed by atoms with Crippen molar-refractivity contribution in [1.29, 1.82) is 0 Å². The summed E-state index contributed by atoms with van der Waals surface area (Å²) in [5.41, 5.74) is 0. The molecule has 0 aromatic rings. The third-order valence-electron chi connectivity index (χ3n) is 4.77. The number of ether oxygens (including phenoxy) is 3. The number of hydrogen-bond donors (Lipinski definition) is 3. The number of rotatable bonds is 10. The van der Waals surface area contributed by atoms with Gasteiger partial charge in [-0.15, -0.1) is 0 Å². The van der Waals surface area contributed by atoms with Crippen LogP contribution in [0.5, 0.6) is 0 Å². The molecule has 1 aliphatic heterocycles. The fourth-order valence-corrected chi connectivity index (χ4v) is 5.03. The lowest BCUT2D eigenvalue weighted by Crippen LogP contribution is -2.49. The van der Waals surface area contributed by atoms with E-state index in [1.165, 1.54) is 7.11 Å². The molecule has 2 rings (SSSR count). The topological polar surface area (TPSA) is 105 Å². The normalized spacial score (nSPS) is 31.9. The second kappa shape index (κ2) is 9.89. The van der Waals surface area contributed by atoms with E-state index in [-0.39, 0.29) is 12.6 Å². The largest absolute Gasteiger partial charge is 0.497 e. The fourth-order valence-electron chi connectivity index (χ4n) is 2.98. The first-order valence-corrected chi connectivity index (χ1v) is 11.3. The van der Waals surface area contributed by atoms with Gasteiger partial charge < -0.3 is 29.3 Å². The Kier molecular flexibility index (Phi) is 8.13. The van der Waals surface area contributed by atoms with Crippen molar-refractivity contribution in [3.05, 3.63) is 36.3 Å². The zero-order chi connectivity index (χ0) is 20.0. The highest BCUT2D eigenvalue weighted by molar-refractivity contribution is 7.58. The van der Waals surface area contributed by atoms with E-state index in [2.05, 4.69) is 6.58 Å². The molecule has 5 unspecified atom stereocenters. The molecule has 1 saturated heterocycles. The van der Waals surface area contributed by atoms with Gasteiger partial charge in [0.2, 0.25) is 13.7 Å². The standard InChI is InChI=1S/C19H31O7P/c1-4-15(24-3)8-5-13(2)25-19-18(21)17(20)11-16(26-19)9-10-27(22,23)12-14-6-7-14/h4-5,8,14,16-21H,1,6-7,9-12H2,2-3H3,(H,22,23)/b13-5+,15-8+. The van der Waals surface area contributed by atoms with Crippen LogP contribution in [0.2, 0.25) is 0 Å². The predicted octanol–water partition coefficient (Wildman–Crippen LogP) is 2.53. The van der Waals surface area contributed by atoms with Gasteiger partial charge >= 0.3 is 0 Å². The number of hydrogen-bond acceptors (Lipinski definition) is 6. The molecule has 3 N–H and O–H groups in total. The minimum atomic E-state index is -3.17. The molecule has 1 saturated carbocycles. The van der Waals surface area contributed by atoms with E-state index in [1.54, 1.807) is 25.2 Å². The smallest absolute Gasteiger partial charge is 0.228 e. The molecule has 1 heterocycles. The molecule has 0 aromatic heterocycles. The van der Waals surface area contributed by atoms with Gasteiger partial charge in [0.15, 0.2) is 0 Å². The predicted molar refractivity (Wildman–Crippen MR) is 102 cm³/mol. The first-order valence-electron chi connectivity index (χ1n) is 9.28. The number of allylic oxidation sites excluding steroid dienone is 4. The van der Waals surface area contributed by atoms with Crippen LogP contribution in [0.4, 0.5) is 0 Å². The zero-order valence-electron chi connectivity index (χ0n) is 16.0. The SMILES string of the molecule is C=C/C(=C\C=C(/C)OC1OC(CCP(=O)(O)CC2CC2)CC(O)C1O)OC. The zero-order valence-corrected chi connectivity index (χ0v) is 16.9. The molecule has 154 valence electrons. The summed E-state index contributed by atoms with van der Waals surface area (Å²) in [5.74, 6) is 1.39. The Labute approximate surface area is 160 Å². The Morgan fingerprint density at radius 3 is 2.63 bits per heavy atom. The van der Waals surface area contributed by atoms with Crippen LogP contribution in [-0.4, -0.2) is 59.1 Å². The summed E-state index contributed by atoms with van der Waals surface area (Å²) in [6.45, 7) is 5.31. The van der Waals surface area contributed by atoms with E-state index in [1.807, 2.05) is 0 Å². The van der Waals surface area contributed by atoms with Gasteiger partial charge in [-0.3, -0.25) is 4.57 Å². The van der Waals surface area contributed by atoms with E-state index >= 15 is 0 Å². The summed E-state index contributed by atoms with van der Waals surface area (Å²) in [6, 6.07) is 0. The molecule has 5 atom stereocenters. The molecule has 0 bridgehead atoms. The Balaban J connectivity index is 1.91. The highest BCUT2D eigenvalue weighted by Crippen LogP contribution is 2.49. The van der Waals surface area contributed by atoms with Crippen LogP contribution in [0, 0.1) is 5.92 Å². The maximum Gasteiger partial charge on any atom is 0.228 e. The van der Waals surface area contributed by atoms with E-state index in [0.717, 1.165) is 12.8 Å². The maximum atomic E-state index is 12.2. The van der Waals surface area contributed by atoms with Crippen molar-refractivity contribution < 1.29 is 33.9 Å². The van der Waals surface area contributed by atoms with Crippen molar-refractivity contribution in [2.75, 3.05) is 19.4 Å². The molecular weight excluding hydrogens is 371 g/mol. The minimum absolute atomic E-state index is 0.151. The first kappa shape index (κ1) is 22.2. The highest BCUT2D eigenvalue weighted by atomic mass is 31.2. The van der Waals surface area contributed by atoms with E-state index in [4.69, 9.17) is 14.2 Å². The van der Waals surface area contributed by atoms with E-state index in [9.17, 15) is 19.7 Å². The van der Waals surface area contributed by atoms with Crippen molar-refractivity contribution in [1.82, 2.24) is 0 Å². The van der Waals surface area contributed by atoms with Crippen molar-refractivity contribution in [3.63, 3.8) is 0 Å². The molecule has 8 heteroatoms. The average Bonchev–Trinajstić information content (AvgIpc) is 3.41. The van der Waals surface area contributed by atoms with Crippen LogP contribution < -0.4 is 0 Å². The van der Waals surface area contributed by atoms with Gasteiger partial charge in [-0.25, -0.2) is 0 Å². The Bertz CT molecular complexity index is 611. The van der Waals surface area contributed by atoms with Crippen molar-refractivity contribution >= 4 is 7.37 Å². The molecule has 0 amide bonds. The Morgan fingerprint density at radius 1 is 1.33 bits per heavy atom. The highest BCUT2D eigenvalue weighted by Gasteiger charge is 2.39. The average molecular weight is 402 g/mol. The summed E-state index contributed by atoms with van der Waals surface area (Å²) in [6.07, 6.45) is 4.28. The van der Waals surface area contributed by atoms with Crippen molar-refractivity contribution in [2.24, 2.45) is 5.92 Å². The van der Waals surface area contributed by atoms with Crippen LogP contribution in [0.1, 0.15) is 32.6 Å². The molecule has 1 aliphatic carbocycles. The summed E-state index contributed by atoms with van der Waals surface area (Å²) < 4.78 is 28.7. The van der Waals surface area contributed by atoms with Gasteiger partial charge in [0.1, 0.15) is 11.9 Å². The minimum Gasteiger partial charge on any atom is -0.497 e. The Hall–Kier alpha value is -1.11. The second-order valence-electron chi connectivity index (χ2n) is 7.28. The summed E-state index contributed by atoms with van der Waals surface area (Å²) in [5, 5.41) is 20.2. The van der Waals surface area contributed by atoms with Gasteiger partial charge in [0.05, 0.1) is 25.1 Å². The third-order valence-corrected chi connectivity index (χ3v) is 6.81. The van der Waals surface area contributed by atoms with Gasteiger partial charge in [-0.1, -0.05) is 6.58 Å². The first-order chi connectivity index (χ1) is 12.7. The number of aliphatic hydroxyl groups excluding tert-OH is 2. The monoisotopic (exact) mass is 402 g/mol. The fraction of sp³-hybridized carbons (Fsp3) is 0.684. The van der Waals surface area contributed by atoms with Crippen LogP contribution in [0.15, 0.2) is 36.3 Å². The Morgan fingerprint density at radius 2 is 2.04 bits per heavy atom. The number of aliphatic hydroxyl groups is 2. The third kappa shape index (κ3) is 7.43. The molecule has 2 fully saturated rings. The van der Waals surface area contributed by atoms with Crippen LogP contribution in [0.3, 0.4) is 0 Å². The summed E-state index contributed by atoms with van der Waals surface area (Å²) in [7, 11) is -1.65. The molecule has 0 spiro atoms. The van der Waals surface area contributed by atoms with Gasteiger partial charge in [0.25, 0.3) is 0 Å². The summed E-state index contributed by atoms with van der Waals surface area (Å²) >= 11 is 0. The molecule has 0 radical (unpaired) electrons.